The van der Waals surface area contributed by atoms with E-state index in [0.717, 1.165) is 17.4 Å². The lowest BCUT2D eigenvalue weighted by atomic mass is 10.0. The lowest BCUT2D eigenvalue weighted by Crippen LogP contribution is -2.45. The first-order chi connectivity index (χ1) is 14.0. The van der Waals surface area contributed by atoms with Gasteiger partial charge in [0.05, 0.1) is 35.9 Å². The van der Waals surface area contributed by atoms with Gasteiger partial charge < -0.3 is 24.3 Å². The van der Waals surface area contributed by atoms with Crippen LogP contribution < -0.4 is 10.3 Å². The number of anilines is 1. The molecule has 1 aromatic carbocycles. The maximum Gasteiger partial charge on any atom is 0.342 e. The number of carboxylic acid groups (broad SMARTS) is 1. The van der Waals surface area contributed by atoms with E-state index in [9.17, 15) is 19.8 Å². The highest BCUT2D eigenvalue weighted by Crippen LogP contribution is 2.33. The number of hydrogen-bond donors (Lipinski definition) is 2. The second-order valence-electron chi connectivity index (χ2n) is 6.61. The van der Waals surface area contributed by atoms with Crippen molar-refractivity contribution >= 4 is 44.9 Å². The number of halogens is 1. The van der Waals surface area contributed by atoms with Gasteiger partial charge in [0.2, 0.25) is 5.43 Å². The van der Waals surface area contributed by atoms with E-state index in [-0.39, 0.29) is 34.6 Å². The van der Waals surface area contributed by atoms with Crippen molar-refractivity contribution in [2.24, 2.45) is 4.99 Å². The minimum atomic E-state index is -1.36. The second kappa shape index (κ2) is 7.54. The van der Waals surface area contributed by atoms with Gasteiger partial charge in [-0.2, -0.15) is 0 Å². The molecule has 8 nitrogen and oxygen atoms in total. The standard InChI is InChI=1S/C19H18FN3O5S/c1-21-7-12-15-11(17(25)14(19(26)27)18-23(15)3-5-29-18)6-13(20)16(12)22-2-4-28-10(8-22)9-24/h3,5-7,10,24H,2,4,8-9H2,1H3,(H,26,27)/t10-/m0/s1. The van der Waals surface area contributed by atoms with Gasteiger partial charge in [-0.3, -0.25) is 9.79 Å². The number of aliphatic hydroxyl groups is 1. The van der Waals surface area contributed by atoms with Crippen molar-refractivity contribution in [3.8, 4) is 0 Å². The predicted molar refractivity (Wildman–Crippen MR) is 109 cm³/mol. The fraction of sp³-hybridized carbons (Fsp3) is 0.316. The van der Waals surface area contributed by atoms with Gasteiger partial charge in [0.25, 0.3) is 0 Å². The Kier molecular flexibility index (Phi) is 5.07. The third kappa shape index (κ3) is 3.09. The van der Waals surface area contributed by atoms with Crippen LogP contribution in [0.25, 0.3) is 15.7 Å². The Morgan fingerprint density at radius 3 is 3.00 bits per heavy atom. The number of thiazole rings is 1. The molecule has 0 aliphatic carbocycles. The van der Waals surface area contributed by atoms with Crippen LogP contribution in [0, 0.1) is 5.82 Å². The number of fused-ring (bicyclic) bond motifs is 3. The summed E-state index contributed by atoms with van der Waals surface area (Å²) in [5.74, 6) is -2.01. The monoisotopic (exact) mass is 419 g/mol. The number of ether oxygens (including phenoxy) is 1. The van der Waals surface area contributed by atoms with Crippen molar-refractivity contribution in [1.82, 2.24) is 4.40 Å². The van der Waals surface area contributed by atoms with Crippen LogP contribution in [-0.2, 0) is 4.74 Å². The third-order valence-electron chi connectivity index (χ3n) is 4.93. The number of benzene rings is 1. The summed E-state index contributed by atoms with van der Waals surface area (Å²) < 4.78 is 22.3. The molecule has 3 aromatic rings. The molecule has 1 saturated heterocycles. The number of aromatic carboxylic acids is 1. The van der Waals surface area contributed by atoms with E-state index in [1.54, 1.807) is 20.9 Å². The molecule has 1 fully saturated rings. The SMILES string of the molecule is CN=Cc1c(N2CCO[C@H](CO)C2)c(F)cc2c(=O)c(C(=O)O)c3sccn3c12. The smallest absolute Gasteiger partial charge is 0.342 e. The van der Waals surface area contributed by atoms with E-state index in [1.165, 1.54) is 13.3 Å². The second-order valence-corrected chi connectivity index (χ2v) is 7.51. The molecule has 4 rings (SSSR count). The number of morpholine rings is 1. The number of pyridine rings is 1. The Bertz CT molecular complexity index is 1200. The van der Waals surface area contributed by atoms with Crippen molar-refractivity contribution in [3.63, 3.8) is 0 Å². The van der Waals surface area contributed by atoms with Gasteiger partial charge in [-0.05, 0) is 6.07 Å². The first kappa shape index (κ1) is 19.5. The summed E-state index contributed by atoms with van der Waals surface area (Å²) in [6, 6.07) is 1.08. The molecule has 1 aliphatic heterocycles. The van der Waals surface area contributed by atoms with Crippen molar-refractivity contribution in [3.05, 3.63) is 44.8 Å². The van der Waals surface area contributed by atoms with E-state index >= 15 is 4.39 Å². The van der Waals surface area contributed by atoms with Crippen LogP contribution in [0.5, 0.6) is 0 Å². The van der Waals surface area contributed by atoms with Gasteiger partial charge in [-0.1, -0.05) is 0 Å². The van der Waals surface area contributed by atoms with Crippen LogP contribution in [0.4, 0.5) is 10.1 Å². The number of aliphatic hydroxyl groups excluding tert-OH is 1. The number of rotatable bonds is 4. The zero-order valence-electron chi connectivity index (χ0n) is 15.5. The minimum absolute atomic E-state index is 0.0265. The Morgan fingerprint density at radius 2 is 2.31 bits per heavy atom. The third-order valence-corrected chi connectivity index (χ3v) is 5.81. The number of nitrogens with zero attached hydrogens (tertiary/aromatic N) is 3. The van der Waals surface area contributed by atoms with E-state index in [0.29, 0.717) is 24.2 Å². The Labute approximate surface area is 168 Å². The summed E-state index contributed by atoms with van der Waals surface area (Å²) in [6.45, 7) is 0.799. The summed E-state index contributed by atoms with van der Waals surface area (Å²) >= 11 is 1.12. The van der Waals surface area contributed by atoms with Gasteiger partial charge in [0.1, 0.15) is 16.2 Å². The lowest BCUT2D eigenvalue weighted by molar-refractivity contribution is 0.00341. The largest absolute Gasteiger partial charge is 0.477 e. The quantitative estimate of drug-likeness (QED) is 0.623. The van der Waals surface area contributed by atoms with Gasteiger partial charge in [-0.25, -0.2) is 9.18 Å². The highest BCUT2D eigenvalue weighted by atomic mass is 32.1. The van der Waals surface area contributed by atoms with E-state index < -0.39 is 23.3 Å². The van der Waals surface area contributed by atoms with Crippen molar-refractivity contribution in [2.75, 3.05) is 38.3 Å². The summed E-state index contributed by atoms with van der Waals surface area (Å²) in [4.78, 5) is 30.7. The van der Waals surface area contributed by atoms with Crippen LogP contribution >= 0.6 is 11.3 Å². The maximum atomic E-state index is 15.3. The van der Waals surface area contributed by atoms with Gasteiger partial charge in [0.15, 0.2) is 0 Å². The first-order valence-electron chi connectivity index (χ1n) is 8.88. The Hall–Kier alpha value is -2.82. The molecule has 0 saturated carbocycles. The van der Waals surface area contributed by atoms with E-state index in [4.69, 9.17) is 4.74 Å². The molecule has 3 heterocycles. The molecular formula is C19H18FN3O5S. The molecule has 1 atom stereocenters. The highest BCUT2D eigenvalue weighted by molar-refractivity contribution is 7.16. The molecule has 2 aromatic heterocycles. The zero-order chi connectivity index (χ0) is 20.7. The van der Waals surface area contributed by atoms with Crippen molar-refractivity contribution < 1.29 is 24.1 Å². The maximum absolute atomic E-state index is 15.3. The van der Waals surface area contributed by atoms with Crippen LogP contribution in [0.3, 0.4) is 0 Å². The first-order valence-corrected chi connectivity index (χ1v) is 9.76. The van der Waals surface area contributed by atoms with Crippen LogP contribution in [0.15, 0.2) is 27.4 Å². The highest BCUT2D eigenvalue weighted by Gasteiger charge is 2.28. The Morgan fingerprint density at radius 1 is 1.52 bits per heavy atom. The molecule has 0 spiro atoms. The van der Waals surface area contributed by atoms with Crippen LogP contribution in [-0.4, -0.2) is 66.3 Å². The van der Waals surface area contributed by atoms with Crippen LogP contribution in [0.1, 0.15) is 15.9 Å². The topological polar surface area (TPSA) is 104 Å². The van der Waals surface area contributed by atoms with Gasteiger partial charge in [0, 0.05) is 43.5 Å². The normalized spacial score (nSPS) is 17.6. The molecule has 10 heteroatoms. The summed E-state index contributed by atoms with van der Waals surface area (Å²) in [7, 11) is 1.54. The number of carbonyl (C=O) groups is 1. The summed E-state index contributed by atoms with van der Waals surface area (Å²) in [5.41, 5.74) is -0.103. The number of aromatic nitrogens is 1. The summed E-state index contributed by atoms with van der Waals surface area (Å²) in [6.07, 6.45) is 2.66. The molecule has 0 bridgehead atoms. The predicted octanol–water partition coefficient (Wildman–Crippen LogP) is 1.60. The number of hydrogen-bond acceptors (Lipinski definition) is 7. The molecule has 2 N–H and O–H groups in total. The van der Waals surface area contributed by atoms with Gasteiger partial charge in [-0.15, -0.1) is 11.3 Å². The zero-order valence-corrected chi connectivity index (χ0v) is 16.3. The molecule has 0 unspecified atom stereocenters. The fourth-order valence-corrected chi connectivity index (χ4v) is 4.62. The summed E-state index contributed by atoms with van der Waals surface area (Å²) in [5, 5.41) is 20.6. The van der Waals surface area contributed by atoms with E-state index in [2.05, 4.69) is 4.99 Å². The molecule has 0 radical (unpaired) electrons. The lowest BCUT2D eigenvalue weighted by Gasteiger charge is -2.35. The van der Waals surface area contributed by atoms with Crippen molar-refractivity contribution in [1.29, 1.82) is 0 Å². The van der Waals surface area contributed by atoms with Gasteiger partial charge >= 0.3 is 5.97 Å². The number of carboxylic acids is 1. The average Bonchev–Trinajstić information content (AvgIpc) is 3.17. The van der Waals surface area contributed by atoms with E-state index in [1.807, 2.05) is 0 Å². The minimum Gasteiger partial charge on any atom is -0.477 e. The number of aliphatic imine (C=N–C) groups is 1. The fourth-order valence-electron chi connectivity index (χ4n) is 3.74. The molecular weight excluding hydrogens is 401 g/mol. The molecule has 1 aliphatic rings. The average molecular weight is 419 g/mol. The molecule has 29 heavy (non-hydrogen) atoms. The molecule has 152 valence electrons. The Balaban J connectivity index is 2.11. The van der Waals surface area contributed by atoms with Crippen molar-refractivity contribution in [2.45, 2.75) is 6.10 Å². The molecule has 0 amide bonds. The van der Waals surface area contributed by atoms with Crippen LogP contribution in [0.2, 0.25) is 0 Å².